The van der Waals surface area contributed by atoms with E-state index in [0.29, 0.717) is 17.7 Å². The Labute approximate surface area is 114 Å². The predicted octanol–water partition coefficient (Wildman–Crippen LogP) is 1.58. The lowest BCUT2D eigenvalue weighted by atomic mass is 10.4. The molecule has 1 aliphatic carbocycles. The van der Waals surface area contributed by atoms with Gasteiger partial charge in [-0.2, -0.15) is 4.98 Å². The number of anilines is 1. The molecule has 1 aliphatic rings. The van der Waals surface area contributed by atoms with Crippen LogP contribution in [-0.2, 0) is 0 Å². The van der Waals surface area contributed by atoms with Gasteiger partial charge >= 0.3 is 0 Å². The molecule has 0 atom stereocenters. The maximum Gasteiger partial charge on any atom is 0.294 e. The highest BCUT2D eigenvalue weighted by atomic mass is 16.2. The van der Waals surface area contributed by atoms with Gasteiger partial charge in [-0.1, -0.05) is 6.07 Å². The Morgan fingerprint density at radius 1 is 1.40 bits per heavy atom. The van der Waals surface area contributed by atoms with Crippen molar-refractivity contribution in [2.24, 2.45) is 0 Å². The van der Waals surface area contributed by atoms with E-state index in [0.717, 1.165) is 24.2 Å². The van der Waals surface area contributed by atoms with E-state index in [1.807, 2.05) is 18.2 Å². The highest BCUT2D eigenvalue weighted by Gasteiger charge is 2.27. The molecule has 7 heteroatoms. The number of aromatic amines is 1. The van der Waals surface area contributed by atoms with Crippen LogP contribution in [0.3, 0.4) is 0 Å². The molecule has 0 bridgehead atoms. The van der Waals surface area contributed by atoms with Gasteiger partial charge in [0.15, 0.2) is 0 Å². The predicted molar refractivity (Wildman–Crippen MR) is 71.5 cm³/mol. The second kappa shape index (κ2) is 4.16. The van der Waals surface area contributed by atoms with Gasteiger partial charge in [-0.05, 0) is 25.0 Å². The van der Waals surface area contributed by atoms with Crippen molar-refractivity contribution < 1.29 is 4.79 Å². The maximum atomic E-state index is 12.2. The first kappa shape index (κ1) is 11.2. The second-order valence-corrected chi connectivity index (χ2v) is 4.85. The summed E-state index contributed by atoms with van der Waals surface area (Å²) in [5, 5.41) is 9.52. The van der Waals surface area contributed by atoms with E-state index in [9.17, 15) is 4.79 Å². The van der Waals surface area contributed by atoms with Crippen molar-refractivity contribution in [1.82, 2.24) is 24.6 Å². The minimum absolute atomic E-state index is 0.296. The molecule has 0 unspecified atom stereocenters. The van der Waals surface area contributed by atoms with Crippen LogP contribution in [0.5, 0.6) is 0 Å². The molecular weight excluding hydrogens is 256 g/mol. The summed E-state index contributed by atoms with van der Waals surface area (Å²) < 4.78 is 1.73. The molecule has 0 aromatic carbocycles. The first-order chi connectivity index (χ1) is 9.81. The van der Waals surface area contributed by atoms with Crippen molar-refractivity contribution in [1.29, 1.82) is 0 Å². The summed E-state index contributed by atoms with van der Waals surface area (Å²) >= 11 is 0. The van der Waals surface area contributed by atoms with E-state index in [1.54, 1.807) is 16.8 Å². The molecule has 20 heavy (non-hydrogen) atoms. The molecule has 1 amide bonds. The van der Waals surface area contributed by atoms with Crippen LogP contribution in [0.25, 0.3) is 5.52 Å². The van der Waals surface area contributed by atoms with E-state index in [-0.39, 0.29) is 5.91 Å². The summed E-state index contributed by atoms with van der Waals surface area (Å²) in [5.41, 5.74) is 0.867. The van der Waals surface area contributed by atoms with Gasteiger partial charge in [0.2, 0.25) is 11.8 Å². The third kappa shape index (κ3) is 1.83. The molecule has 1 saturated carbocycles. The Morgan fingerprint density at radius 3 is 3.15 bits per heavy atom. The smallest absolute Gasteiger partial charge is 0.294 e. The molecular formula is C13H12N6O. The number of nitrogens with one attached hydrogen (secondary N) is 2. The van der Waals surface area contributed by atoms with Crippen molar-refractivity contribution in [3.63, 3.8) is 0 Å². The van der Waals surface area contributed by atoms with Crippen molar-refractivity contribution >= 4 is 17.4 Å². The van der Waals surface area contributed by atoms with Gasteiger partial charge in [0.05, 0.1) is 11.7 Å². The van der Waals surface area contributed by atoms with Gasteiger partial charge in [-0.15, -0.1) is 5.10 Å². The topological polar surface area (TPSA) is 88.0 Å². The molecule has 0 radical (unpaired) electrons. The molecule has 2 N–H and O–H groups in total. The van der Waals surface area contributed by atoms with E-state index < -0.39 is 0 Å². The lowest BCUT2D eigenvalue weighted by molar-refractivity contribution is 0.101. The normalized spacial score (nSPS) is 14.6. The number of hydrogen-bond acceptors (Lipinski definition) is 4. The van der Waals surface area contributed by atoms with Gasteiger partial charge in [0.1, 0.15) is 5.82 Å². The van der Waals surface area contributed by atoms with Crippen LogP contribution in [0.1, 0.15) is 35.2 Å². The highest BCUT2D eigenvalue weighted by molar-refractivity contribution is 6.01. The van der Waals surface area contributed by atoms with E-state index in [1.165, 1.54) is 0 Å². The summed E-state index contributed by atoms with van der Waals surface area (Å²) in [6.45, 7) is 0. The van der Waals surface area contributed by atoms with Crippen LogP contribution in [-0.4, -0.2) is 30.5 Å². The first-order valence-electron chi connectivity index (χ1n) is 6.47. The number of fused-ring (bicyclic) bond motifs is 1. The van der Waals surface area contributed by atoms with E-state index in [4.69, 9.17) is 0 Å². The number of carbonyl (C=O) groups is 1. The zero-order valence-corrected chi connectivity index (χ0v) is 10.6. The van der Waals surface area contributed by atoms with Crippen LogP contribution < -0.4 is 5.32 Å². The van der Waals surface area contributed by atoms with Crippen molar-refractivity contribution in [2.45, 2.75) is 18.8 Å². The Morgan fingerprint density at radius 2 is 2.30 bits per heavy atom. The van der Waals surface area contributed by atoms with Gasteiger partial charge in [0, 0.05) is 12.1 Å². The minimum atomic E-state index is -0.322. The molecule has 3 heterocycles. The lowest BCUT2D eigenvalue weighted by Crippen LogP contribution is -2.16. The fourth-order valence-electron chi connectivity index (χ4n) is 2.14. The standard InChI is InChI=1S/C13H12N6O/c20-12(11-14-7-9-3-1-2-6-19(9)11)16-13-15-10(17-18-13)8-4-5-8/h1-3,6-8H,4-5H2,(H2,15,16,17,18,20). The van der Waals surface area contributed by atoms with Crippen LogP contribution >= 0.6 is 0 Å². The molecule has 3 aromatic rings. The van der Waals surface area contributed by atoms with Crippen molar-refractivity contribution in [3.8, 4) is 0 Å². The Bertz CT molecular complexity index is 785. The number of imidazole rings is 1. The number of pyridine rings is 1. The number of amides is 1. The summed E-state index contributed by atoms with van der Waals surface area (Å²) in [5.74, 6) is 1.61. The second-order valence-electron chi connectivity index (χ2n) is 4.85. The first-order valence-corrected chi connectivity index (χ1v) is 6.47. The van der Waals surface area contributed by atoms with E-state index in [2.05, 4.69) is 25.5 Å². The SMILES string of the molecule is O=C(Nc1n[nH]c(C2CC2)n1)c1ncc2ccccn12. The minimum Gasteiger partial charge on any atom is -0.296 e. The molecule has 7 nitrogen and oxygen atoms in total. The van der Waals surface area contributed by atoms with Crippen molar-refractivity contribution in [2.75, 3.05) is 5.32 Å². The summed E-state index contributed by atoms with van der Waals surface area (Å²) in [6.07, 6.45) is 5.72. The molecule has 4 rings (SSSR count). The van der Waals surface area contributed by atoms with E-state index >= 15 is 0 Å². The Hall–Kier alpha value is -2.70. The Kier molecular flexibility index (Phi) is 2.32. The molecule has 0 aliphatic heterocycles. The average molecular weight is 268 g/mol. The Balaban J connectivity index is 1.59. The third-order valence-electron chi connectivity index (χ3n) is 3.33. The van der Waals surface area contributed by atoms with Crippen LogP contribution in [0.2, 0.25) is 0 Å². The van der Waals surface area contributed by atoms with Crippen LogP contribution in [0.15, 0.2) is 30.6 Å². The van der Waals surface area contributed by atoms with Crippen LogP contribution in [0, 0.1) is 0 Å². The van der Waals surface area contributed by atoms with Gasteiger partial charge in [-0.3, -0.25) is 19.6 Å². The summed E-state index contributed by atoms with van der Waals surface area (Å²) in [4.78, 5) is 20.6. The van der Waals surface area contributed by atoms with Crippen LogP contribution in [0.4, 0.5) is 5.95 Å². The molecule has 3 aromatic heterocycles. The number of rotatable bonds is 3. The molecule has 0 saturated heterocycles. The number of hydrogen-bond donors (Lipinski definition) is 2. The lowest BCUT2D eigenvalue weighted by Gasteiger charge is -2.00. The summed E-state index contributed by atoms with van der Waals surface area (Å²) in [7, 11) is 0. The fourth-order valence-corrected chi connectivity index (χ4v) is 2.14. The zero-order valence-electron chi connectivity index (χ0n) is 10.6. The third-order valence-corrected chi connectivity index (χ3v) is 3.33. The molecule has 0 spiro atoms. The largest absolute Gasteiger partial charge is 0.296 e. The number of carbonyl (C=O) groups excluding carboxylic acids is 1. The zero-order chi connectivity index (χ0) is 13.5. The average Bonchev–Trinajstić information content (AvgIpc) is 3.06. The number of H-pyrrole nitrogens is 1. The maximum absolute atomic E-state index is 12.2. The monoisotopic (exact) mass is 268 g/mol. The van der Waals surface area contributed by atoms with Gasteiger partial charge < -0.3 is 0 Å². The summed E-state index contributed by atoms with van der Waals surface area (Å²) in [6, 6.07) is 5.64. The number of aromatic nitrogens is 5. The fraction of sp³-hybridized carbons (Fsp3) is 0.231. The van der Waals surface area contributed by atoms with Gasteiger partial charge in [0.25, 0.3) is 5.91 Å². The molecule has 1 fully saturated rings. The number of nitrogens with zero attached hydrogens (tertiary/aromatic N) is 4. The van der Waals surface area contributed by atoms with Crippen molar-refractivity contribution in [3.05, 3.63) is 42.2 Å². The quantitative estimate of drug-likeness (QED) is 0.755. The highest BCUT2D eigenvalue weighted by Crippen LogP contribution is 2.38. The molecule has 100 valence electrons. The van der Waals surface area contributed by atoms with Gasteiger partial charge in [-0.25, -0.2) is 4.98 Å².